The van der Waals surface area contributed by atoms with Crippen LogP contribution in [0.25, 0.3) is 0 Å². The highest BCUT2D eigenvalue weighted by Gasteiger charge is 2.23. The van der Waals surface area contributed by atoms with Crippen LogP contribution in [0.2, 0.25) is 0 Å². The van der Waals surface area contributed by atoms with Crippen LogP contribution >= 0.6 is 0 Å². The normalized spacial score (nSPS) is 12.2. The average Bonchev–Trinajstić information content (AvgIpc) is 2.85. The lowest BCUT2D eigenvalue weighted by Gasteiger charge is -2.20. The van der Waals surface area contributed by atoms with Crippen molar-refractivity contribution in [3.63, 3.8) is 0 Å². The summed E-state index contributed by atoms with van der Waals surface area (Å²) >= 11 is 0. The van der Waals surface area contributed by atoms with Gasteiger partial charge in [-0.05, 0) is 50.3 Å². The van der Waals surface area contributed by atoms with Crippen molar-refractivity contribution in [2.24, 2.45) is 0 Å². The van der Waals surface area contributed by atoms with Gasteiger partial charge in [-0.1, -0.05) is 39.7 Å². The number of rotatable bonds is 17. The average molecular weight is 524 g/mol. The fourth-order valence-electron chi connectivity index (χ4n) is 3.27. The van der Waals surface area contributed by atoms with E-state index in [4.69, 9.17) is 23.7 Å². The summed E-state index contributed by atoms with van der Waals surface area (Å²) in [7, 11) is 1.28. The first kappa shape index (κ1) is 31.9. The van der Waals surface area contributed by atoms with E-state index in [0.717, 1.165) is 19.3 Å². The van der Waals surface area contributed by atoms with Crippen LogP contribution in [0.1, 0.15) is 78.2 Å². The van der Waals surface area contributed by atoms with Crippen molar-refractivity contribution >= 4 is 24.1 Å². The number of benzene rings is 1. The highest BCUT2D eigenvalue weighted by atomic mass is 16.7. The molecule has 1 aromatic carbocycles. The Morgan fingerprint density at radius 1 is 0.892 bits per heavy atom. The van der Waals surface area contributed by atoms with Crippen molar-refractivity contribution in [1.82, 2.24) is 5.32 Å². The van der Waals surface area contributed by atoms with Gasteiger partial charge in [0.2, 0.25) is 0 Å². The molecule has 0 heterocycles. The highest BCUT2D eigenvalue weighted by molar-refractivity contribution is 5.77. The van der Waals surface area contributed by atoms with Crippen LogP contribution in [0.15, 0.2) is 18.2 Å². The highest BCUT2D eigenvalue weighted by Crippen LogP contribution is 2.30. The SMILES string of the molecule is CCCCCOC(=O)OC(C)CN[C@@H](Cc1ccc(OC(=O)CCC)c(OC(=O)CCC)c1)C(=O)OC. The first-order valence-corrected chi connectivity index (χ1v) is 12.9. The summed E-state index contributed by atoms with van der Waals surface area (Å²) in [6.07, 6.45) is 3.27. The summed E-state index contributed by atoms with van der Waals surface area (Å²) in [6.45, 7) is 7.92. The van der Waals surface area contributed by atoms with Crippen LogP contribution in [0, 0.1) is 0 Å². The largest absolute Gasteiger partial charge is 0.508 e. The van der Waals surface area contributed by atoms with E-state index in [1.54, 1.807) is 19.1 Å². The number of methoxy groups -OCH3 is 1. The van der Waals surface area contributed by atoms with Gasteiger partial charge in [-0.15, -0.1) is 0 Å². The van der Waals surface area contributed by atoms with Gasteiger partial charge in [0.15, 0.2) is 11.5 Å². The molecule has 208 valence electrons. The Morgan fingerprint density at radius 2 is 1.54 bits per heavy atom. The van der Waals surface area contributed by atoms with Gasteiger partial charge in [-0.3, -0.25) is 14.4 Å². The molecule has 0 aliphatic rings. The minimum atomic E-state index is -0.774. The van der Waals surface area contributed by atoms with Gasteiger partial charge in [0.1, 0.15) is 12.1 Å². The zero-order valence-electron chi connectivity index (χ0n) is 22.6. The molecule has 0 aromatic heterocycles. The quantitative estimate of drug-likeness (QED) is 0.177. The van der Waals surface area contributed by atoms with Crippen molar-refractivity contribution in [3.05, 3.63) is 23.8 Å². The zero-order chi connectivity index (χ0) is 27.6. The minimum absolute atomic E-state index is 0.103. The number of hydrogen-bond acceptors (Lipinski definition) is 10. The molecule has 0 saturated heterocycles. The molecule has 0 spiro atoms. The molecule has 10 nitrogen and oxygen atoms in total. The molecule has 0 saturated carbocycles. The summed E-state index contributed by atoms with van der Waals surface area (Å²) in [5.74, 6) is -1.17. The second kappa shape index (κ2) is 18.2. The third kappa shape index (κ3) is 13.1. The van der Waals surface area contributed by atoms with Crippen molar-refractivity contribution in [3.8, 4) is 11.5 Å². The Bertz CT molecular complexity index is 871. The molecule has 37 heavy (non-hydrogen) atoms. The van der Waals surface area contributed by atoms with E-state index in [9.17, 15) is 19.2 Å². The maximum absolute atomic E-state index is 12.4. The Balaban J connectivity index is 2.88. The van der Waals surface area contributed by atoms with E-state index >= 15 is 0 Å². The van der Waals surface area contributed by atoms with Crippen LogP contribution in [-0.2, 0) is 35.0 Å². The fraction of sp³-hybridized carbons (Fsp3) is 0.630. The standard InChI is InChI=1S/C27H41NO9/c1-6-9-10-15-34-27(32)35-19(4)18-28-21(26(31)33-5)16-20-13-14-22(36-24(29)11-7-2)23(17-20)37-25(30)12-8-3/h13-14,17,19,21,28H,6-12,15-16,18H2,1-5H3/t19?,21-/m0/s1. The van der Waals surface area contributed by atoms with Crippen LogP contribution in [0.3, 0.4) is 0 Å². The van der Waals surface area contributed by atoms with E-state index in [-0.39, 0.29) is 37.3 Å². The third-order valence-electron chi connectivity index (χ3n) is 5.21. The van der Waals surface area contributed by atoms with Gasteiger partial charge in [0.25, 0.3) is 0 Å². The second-order valence-corrected chi connectivity index (χ2v) is 8.65. The summed E-state index contributed by atoms with van der Waals surface area (Å²) < 4.78 is 26.0. The van der Waals surface area contributed by atoms with Crippen molar-refractivity contribution in [2.45, 2.75) is 91.2 Å². The first-order chi connectivity index (χ1) is 17.7. The van der Waals surface area contributed by atoms with Gasteiger partial charge in [0, 0.05) is 19.4 Å². The molecule has 1 unspecified atom stereocenters. The predicted molar refractivity (Wildman–Crippen MR) is 136 cm³/mol. The fourth-order valence-corrected chi connectivity index (χ4v) is 3.27. The number of carbonyl (C=O) groups excluding carboxylic acids is 4. The number of esters is 3. The Kier molecular flexibility index (Phi) is 15.6. The molecule has 0 bridgehead atoms. The van der Waals surface area contributed by atoms with Crippen molar-refractivity contribution in [2.75, 3.05) is 20.3 Å². The summed E-state index contributed by atoms with van der Waals surface area (Å²) in [5.41, 5.74) is 0.640. The maximum Gasteiger partial charge on any atom is 0.508 e. The van der Waals surface area contributed by atoms with Gasteiger partial charge < -0.3 is 29.0 Å². The van der Waals surface area contributed by atoms with E-state index < -0.39 is 36.2 Å². The number of ether oxygens (including phenoxy) is 5. The molecule has 1 N–H and O–H groups in total. The van der Waals surface area contributed by atoms with E-state index in [1.807, 2.05) is 13.8 Å². The molecule has 10 heteroatoms. The van der Waals surface area contributed by atoms with E-state index in [0.29, 0.717) is 25.0 Å². The van der Waals surface area contributed by atoms with Crippen LogP contribution in [0.4, 0.5) is 4.79 Å². The first-order valence-electron chi connectivity index (χ1n) is 12.9. The lowest BCUT2D eigenvalue weighted by molar-refractivity contribution is -0.143. The molecule has 0 radical (unpaired) electrons. The molecule has 0 fully saturated rings. The second-order valence-electron chi connectivity index (χ2n) is 8.65. The van der Waals surface area contributed by atoms with Gasteiger partial charge in [0.05, 0.1) is 13.7 Å². The lowest BCUT2D eigenvalue weighted by atomic mass is 10.0. The Morgan fingerprint density at radius 3 is 2.14 bits per heavy atom. The van der Waals surface area contributed by atoms with Crippen LogP contribution in [0.5, 0.6) is 11.5 Å². The number of carbonyl (C=O) groups is 4. The monoisotopic (exact) mass is 523 g/mol. The molecule has 2 atom stereocenters. The van der Waals surface area contributed by atoms with Crippen LogP contribution in [-0.4, -0.2) is 56.5 Å². The summed E-state index contributed by atoms with van der Waals surface area (Å²) in [5, 5.41) is 3.04. The predicted octanol–water partition coefficient (Wildman–Crippen LogP) is 4.50. The number of nitrogens with one attached hydrogen (secondary N) is 1. The Hall–Kier alpha value is -3.14. The summed E-state index contributed by atoms with van der Waals surface area (Å²) in [4.78, 5) is 48.4. The van der Waals surface area contributed by atoms with Crippen LogP contribution < -0.4 is 14.8 Å². The summed E-state index contributed by atoms with van der Waals surface area (Å²) in [6, 6.07) is 4.00. The molecular weight excluding hydrogens is 482 g/mol. The third-order valence-corrected chi connectivity index (χ3v) is 5.21. The number of hydrogen-bond donors (Lipinski definition) is 1. The number of unbranched alkanes of at least 4 members (excludes halogenated alkanes) is 2. The zero-order valence-corrected chi connectivity index (χ0v) is 22.6. The topological polar surface area (TPSA) is 126 Å². The van der Waals surface area contributed by atoms with E-state index in [2.05, 4.69) is 12.2 Å². The smallest absolute Gasteiger partial charge is 0.468 e. The van der Waals surface area contributed by atoms with Gasteiger partial charge >= 0.3 is 24.1 Å². The maximum atomic E-state index is 12.4. The minimum Gasteiger partial charge on any atom is -0.468 e. The molecule has 1 rings (SSSR count). The Labute approximate surface area is 219 Å². The van der Waals surface area contributed by atoms with Crippen molar-refractivity contribution < 1.29 is 42.9 Å². The van der Waals surface area contributed by atoms with Gasteiger partial charge in [-0.25, -0.2) is 4.79 Å². The molecule has 1 aromatic rings. The van der Waals surface area contributed by atoms with Crippen molar-refractivity contribution in [1.29, 1.82) is 0 Å². The van der Waals surface area contributed by atoms with Gasteiger partial charge in [-0.2, -0.15) is 0 Å². The molecule has 0 amide bonds. The lowest BCUT2D eigenvalue weighted by Crippen LogP contribution is -2.43. The molecular formula is C27H41NO9. The van der Waals surface area contributed by atoms with E-state index in [1.165, 1.54) is 13.2 Å². The molecule has 0 aliphatic carbocycles. The molecule has 0 aliphatic heterocycles.